The van der Waals surface area contributed by atoms with Crippen LogP contribution in [-0.2, 0) is 17.8 Å². The minimum atomic E-state index is -0.110. The van der Waals surface area contributed by atoms with Crippen molar-refractivity contribution in [1.82, 2.24) is 15.1 Å². The van der Waals surface area contributed by atoms with E-state index < -0.39 is 0 Å². The molecule has 0 unspecified atom stereocenters. The van der Waals surface area contributed by atoms with Gasteiger partial charge in [0.25, 0.3) is 5.91 Å². The molecule has 38 heavy (non-hydrogen) atoms. The molecule has 9 heteroatoms. The van der Waals surface area contributed by atoms with Crippen LogP contribution in [0.3, 0.4) is 0 Å². The maximum absolute atomic E-state index is 12.6. The Balaban J connectivity index is 1.07. The van der Waals surface area contributed by atoms with Gasteiger partial charge in [-0.25, -0.2) is 0 Å². The van der Waals surface area contributed by atoms with Gasteiger partial charge in [0.1, 0.15) is 0 Å². The average molecular weight is 527 g/mol. The molecule has 3 aromatic carbocycles. The van der Waals surface area contributed by atoms with Gasteiger partial charge in [-0.1, -0.05) is 71.5 Å². The molecule has 2 N–H and O–H groups in total. The fraction of sp³-hybridized carbons (Fsp3) is 0.241. The molecule has 0 spiro atoms. The lowest BCUT2D eigenvalue weighted by Crippen LogP contribution is -2.45. The molecule has 2 heterocycles. The number of aryl methyl sites for hydroxylation is 1. The third-order valence-corrected chi connectivity index (χ3v) is 7.34. The lowest BCUT2D eigenvalue weighted by atomic mass is 10.1. The number of anilines is 3. The van der Waals surface area contributed by atoms with Gasteiger partial charge in [0.05, 0.1) is 6.42 Å². The van der Waals surface area contributed by atoms with Crippen molar-refractivity contribution in [2.75, 3.05) is 41.7 Å². The summed E-state index contributed by atoms with van der Waals surface area (Å²) in [5, 5.41) is 15.6. The van der Waals surface area contributed by atoms with E-state index in [-0.39, 0.29) is 11.8 Å². The molecule has 1 fully saturated rings. The Labute approximate surface area is 226 Å². The van der Waals surface area contributed by atoms with Crippen molar-refractivity contribution in [2.45, 2.75) is 19.9 Å². The van der Waals surface area contributed by atoms with E-state index in [1.54, 1.807) is 0 Å². The van der Waals surface area contributed by atoms with Gasteiger partial charge in [0.2, 0.25) is 16.2 Å². The van der Waals surface area contributed by atoms with Gasteiger partial charge >= 0.3 is 0 Å². The van der Waals surface area contributed by atoms with Crippen molar-refractivity contribution >= 4 is 39.1 Å². The van der Waals surface area contributed by atoms with Crippen LogP contribution in [-0.4, -0.2) is 53.1 Å². The Hall–Kier alpha value is -4.08. The number of nitrogens with zero attached hydrogens (tertiary/aromatic N) is 4. The zero-order valence-electron chi connectivity index (χ0n) is 21.3. The van der Waals surface area contributed by atoms with Gasteiger partial charge in [-0.2, -0.15) is 0 Å². The molecule has 0 aliphatic carbocycles. The largest absolute Gasteiger partial charge is 0.344 e. The molecule has 8 nitrogen and oxygen atoms in total. The first-order valence-corrected chi connectivity index (χ1v) is 13.4. The Bertz CT molecular complexity index is 1360. The van der Waals surface area contributed by atoms with Crippen LogP contribution >= 0.6 is 11.3 Å². The number of hydrogen-bond donors (Lipinski definition) is 2. The number of carbonyl (C=O) groups is 2. The predicted octanol–water partition coefficient (Wildman–Crippen LogP) is 4.60. The first-order chi connectivity index (χ1) is 18.5. The second-order valence-corrected chi connectivity index (χ2v) is 10.3. The summed E-state index contributed by atoms with van der Waals surface area (Å²) in [5.41, 5.74) is 4.72. The zero-order valence-corrected chi connectivity index (χ0v) is 22.1. The van der Waals surface area contributed by atoms with E-state index in [4.69, 9.17) is 0 Å². The third-order valence-electron chi connectivity index (χ3n) is 6.44. The van der Waals surface area contributed by atoms with Gasteiger partial charge in [-0.3, -0.25) is 14.5 Å². The summed E-state index contributed by atoms with van der Waals surface area (Å²) < 4.78 is 0. The fourth-order valence-corrected chi connectivity index (χ4v) is 5.11. The normalized spacial score (nSPS) is 13.8. The molecule has 194 valence electrons. The Morgan fingerprint density at radius 3 is 2.24 bits per heavy atom. The van der Waals surface area contributed by atoms with Crippen molar-refractivity contribution in [3.8, 4) is 0 Å². The Morgan fingerprint density at radius 2 is 1.53 bits per heavy atom. The summed E-state index contributed by atoms with van der Waals surface area (Å²) in [6, 6.07) is 25.2. The topological polar surface area (TPSA) is 90.5 Å². The van der Waals surface area contributed by atoms with E-state index in [9.17, 15) is 9.59 Å². The zero-order chi connectivity index (χ0) is 26.3. The molecule has 0 bridgehead atoms. The van der Waals surface area contributed by atoms with Gasteiger partial charge in [0, 0.05) is 44.0 Å². The molecular weight excluding hydrogens is 496 g/mol. The number of nitrogens with one attached hydrogen (secondary N) is 2. The second kappa shape index (κ2) is 12.0. The molecule has 0 radical (unpaired) electrons. The molecule has 4 aromatic rings. The first kappa shape index (κ1) is 25.6. The fourth-order valence-electron chi connectivity index (χ4n) is 4.30. The highest BCUT2D eigenvalue weighted by Gasteiger charge is 2.21. The highest BCUT2D eigenvalue weighted by Crippen LogP contribution is 2.25. The summed E-state index contributed by atoms with van der Waals surface area (Å²) in [6.07, 6.45) is 0.312. The molecule has 0 atom stereocenters. The molecule has 0 saturated carbocycles. The van der Waals surface area contributed by atoms with Crippen molar-refractivity contribution < 1.29 is 9.59 Å². The lowest BCUT2D eigenvalue weighted by molar-refractivity contribution is -0.115. The molecule has 1 aliphatic rings. The van der Waals surface area contributed by atoms with Crippen LogP contribution in [0.15, 0.2) is 78.9 Å². The van der Waals surface area contributed by atoms with Crippen molar-refractivity contribution in [1.29, 1.82) is 0 Å². The van der Waals surface area contributed by atoms with Crippen LogP contribution in [0.25, 0.3) is 0 Å². The number of piperazine rings is 1. The smallest absolute Gasteiger partial charge is 0.255 e. The summed E-state index contributed by atoms with van der Waals surface area (Å²) in [5.74, 6) is -0.205. The summed E-state index contributed by atoms with van der Waals surface area (Å²) in [7, 11) is 0. The van der Waals surface area contributed by atoms with E-state index in [0.29, 0.717) is 17.1 Å². The van der Waals surface area contributed by atoms with Gasteiger partial charge in [-0.15, -0.1) is 10.2 Å². The van der Waals surface area contributed by atoms with Gasteiger partial charge in [0.15, 0.2) is 0 Å². The lowest BCUT2D eigenvalue weighted by Gasteiger charge is -2.34. The first-order valence-electron chi connectivity index (χ1n) is 12.6. The Kier molecular flexibility index (Phi) is 8.06. The van der Waals surface area contributed by atoms with Crippen LogP contribution in [0.2, 0.25) is 0 Å². The van der Waals surface area contributed by atoms with E-state index in [1.807, 2.05) is 85.8 Å². The maximum Gasteiger partial charge on any atom is 0.255 e. The van der Waals surface area contributed by atoms with E-state index >= 15 is 0 Å². The standard InChI is InChI=1S/C29H30N6O2S/c1-21-7-13-25(14-8-21)30-27(37)24-11-9-23(10-12-24)20-34-15-17-35(18-16-34)29-33-32-28(38-29)31-26(36)19-22-5-3-2-4-6-22/h2-14H,15-20H2,1H3,(H,30,37)(H,31,32,36). The summed E-state index contributed by atoms with van der Waals surface area (Å²) in [6.45, 7) is 6.31. The number of amides is 2. The van der Waals surface area contributed by atoms with Crippen LogP contribution in [0.1, 0.15) is 27.0 Å². The average Bonchev–Trinajstić information content (AvgIpc) is 3.39. The highest BCUT2D eigenvalue weighted by atomic mass is 32.1. The minimum absolute atomic E-state index is 0.0950. The van der Waals surface area contributed by atoms with Crippen molar-refractivity contribution in [3.63, 3.8) is 0 Å². The number of rotatable bonds is 8. The van der Waals surface area contributed by atoms with Crippen LogP contribution in [0.5, 0.6) is 0 Å². The van der Waals surface area contributed by atoms with E-state index in [0.717, 1.165) is 54.7 Å². The molecule has 1 aromatic heterocycles. The highest BCUT2D eigenvalue weighted by molar-refractivity contribution is 7.19. The van der Waals surface area contributed by atoms with Gasteiger partial charge in [-0.05, 0) is 42.3 Å². The van der Waals surface area contributed by atoms with Crippen molar-refractivity contribution in [2.24, 2.45) is 0 Å². The number of aromatic nitrogens is 2. The van der Waals surface area contributed by atoms with Crippen LogP contribution in [0.4, 0.5) is 16.0 Å². The second-order valence-electron chi connectivity index (χ2n) is 9.38. The van der Waals surface area contributed by atoms with Gasteiger partial charge < -0.3 is 15.5 Å². The SMILES string of the molecule is Cc1ccc(NC(=O)c2ccc(CN3CCN(c4nnc(NC(=O)Cc5ccccc5)s4)CC3)cc2)cc1. The number of benzene rings is 3. The van der Waals surface area contributed by atoms with E-state index in [2.05, 4.69) is 30.6 Å². The minimum Gasteiger partial charge on any atom is -0.344 e. The molecule has 2 amide bonds. The summed E-state index contributed by atoms with van der Waals surface area (Å²) >= 11 is 1.40. The number of carbonyl (C=O) groups excluding carboxylic acids is 2. The monoisotopic (exact) mass is 526 g/mol. The number of hydrogen-bond acceptors (Lipinski definition) is 7. The maximum atomic E-state index is 12.6. The quantitative estimate of drug-likeness (QED) is 0.349. The Morgan fingerprint density at radius 1 is 0.816 bits per heavy atom. The van der Waals surface area contributed by atoms with E-state index in [1.165, 1.54) is 16.9 Å². The van der Waals surface area contributed by atoms with Crippen molar-refractivity contribution in [3.05, 3.63) is 101 Å². The molecule has 1 saturated heterocycles. The third kappa shape index (κ3) is 6.81. The molecule has 5 rings (SSSR count). The molecule has 1 aliphatic heterocycles. The molecular formula is C29H30N6O2S. The van der Waals surface area contributed by atoms with Crippen LogP contribution in [0, 0.1) is 6.92 Å². The predicted molar refractivity (Wildman–Crippen MR) is 152 cm³/mol. The van der Waals surface area contributed by atoms with Crippen LogP contribution < -0.4 is 15.5 Å². The summed E-state index contributed by atoms with van der Waals surface area (Å²) in [4.78, 5) is 29.5.